The summed E-state index contributed by atoms with van der Waals surface area (Å²) in [6.45, 7) is 3.42. The Kier molecular flexibility index (Phi) is 6.92. The first-order valence-electron chi connectivity index (χ1n) is 6.51. The highest BCUT2D eigenvalue weighted by Gasteiger charge is 2.12. The maximum Gasteiger partial charge on any atom is 0.260 e. The zero-order valence-electron chi connectivity index (χ0n) is 11.3. The molecule has 0 radical (unpaired) electrons. The summed E-state index contributed by atoms with van der Waals surface area (Å²) >= 11 is 0. The molecule has 0 bridgehead atoms. The predicted octanol–water partition coefficient (Wildman–Crippen LogP) is 0.755. The molecule has 0 saturated carbocycles. The van der Waals surface area contributed by atoms with Crippen LogP contribution in [0.1, 0.15) is 18.9 Å². The molecule has 0 atom stereocenters. The highest BCUT2D eigenvalue weighted by Crippen LogP contribution is 2.11. The summed E-state index contributed by atoms with van der Waals surface area (Å²) in [6.07, 6.45) is 0.858. The minimum absolute atomic E-state index is 0.0119. The number of carbonyl (C=O) groups excluding carboxylic acids is 1. The number of aliphatic hydroxyl groups excluding tert-OH is 1. The van der Waals surface area contributed by atoms with E-state index in [4.69, 9.17) is 15.6 Å². The number of hydrogen-bond acceptors (Lipinski definition) is 4. The van der Waals surface area contributed by atoms with Gasteiger partial charge < -0.3 is 20.5 Å². The van der Waals surface area contributed by atoms with Crippen molar-refractivity contribution in [1.82, 2.24) is 4.90 Å². The van der Waals surface area contributed by atoms with Crippen molar-refractivity contribution < 1.29 is 14.6 Å². The SMILES string of the molecule is CCCN(CCO)C(=O)COc1ccc(CN)cc1. The van der Waals surface area contributed by atoms with Crippen molar-refractivity contribution in [3.05, 3.63) is 29.8 Å². The number of ether oxygens (including phenoxy) is 1. The molecule has 0 spiro atoms. The number of nitrogens with two attached hydrogens (primary N) is 1. The Hall–Kier alpha value is -1.59. The van der Waals surface area contributed by atoms with Gasteiger partial charge in [-0.05, 0) is 24.1 Å². The molecule has 5 heteroatoms. The van der Waals surface area contributed by atoms with E-state index >= 15 is 0 Å². The van der Waals surface area contributed by atoms with E-state index in [2.05, 4.69) is 0 Å². The van der Waals surface area contributed by atoms with Crippen LogP contribution < -0.4 is 10.5 Å². The first-order valence-corrected chi connectivity index (χ1v) is 6.51. The molecule has 5 nitrogen and oxygen atoms in total. The highest BCUT2D eigenvalue weighted by molar-refractivity contribution is 5.77. The molecule has 3 N–H and O–H groups in total. The maximum atomic E-state index is 11.9. The third-order valence-electron chi connectivity index (χ3n) is 2.74. The van der Waals surface area contributed by atoms with Gasteiger partial charge in [0.1, 0.15) is 5.75 Å². The normalized spacial score (nSPS) is 10.3. The number of rotatable bonds is 8. The minimum atomic E-state index is -0.112. The van der Waals surface area contributed by atoms with Crippen LogP contribution in [-0.4, -0.2) is 42.2 Å². The van der Waals surface area contributed by atoms with Crippen molar-refractivity contribution in [3.8, 4) is 5.75 Å². The Labute approximate surface area is 114 Å². The van der Waals surface area contributed by atoms with E-state index in [1.807, 2.05) is 19.1 Å². The second-order valence-corrected chi connectivity index (χ2v) is 4.24. The fourth-order valence-electron chi connectivity index (χ4n) is 1.71. The Morgan fingerprint density at radius 3 is 2.53 bits per heavy atom. The molecular formula is C14H22N2O3. The predicted molar refractivity (Wildman–Crippen MR) is 73.8 cm³/mol. The molecule has 1 rings (SSSR count). The average molecular weight is 266 g/mol. The van der Waals surface area contributed by atoms with Gasteiger partial charge in [-0.1, -0.05) is 19.1 Å². The molecule has 106 valence electrons. The second kappa shape index (κ2) is 8.50. The van der Waals surface area contributed by atoms with Crippen LogP contribution in [-0.2, 0) is 11.3 Å². The van der Waals surface area contributed by atoms with Gasteiger partial charge in [-0.3, -0.25) is 4.79 Å². The van der Waals surface area contributed by atoms with Crippen LogP contribution in [0.5, 0.6) is 5.75 Å². The first kappa shape index (κ1) is 15.5. The van der Waals surface area contributed by atoms with Crippen LogP contribution >= 0.6 is 0 Å². The number of benzene rings is 1. The topological polar surface area (TPSA) is 75.8 Å². The van der Waals surface area contributed by atoms with Gasteiger partial charge in [-0.15, -0.1) is 0 Å². The summed E-state index contributed by atoms with van der Waals surface area (Å²) in [7, 11) is 0. The first-order chi connectivity index (χ1) is 9.21. The summed E-state index contributed by atoms with van der Waals surface area (Å²) in [6, 6.07) is 7.34. The van der Waals surface area contributed by atoms with E-state index in [9.17, 15) is 4.79 Å². The summed E-state index contributed by atoms with van der Waals surface area (Å²) in [4.78, 5) is 13.5. The fraction of sp³-hybridized carbons (Fsp3) is 0.500. The van der Waals surface area contributed by atoms with Gasteiger partial charge in [-0.2, -0.15) is 0 Å². The monoisotopic (exact) mass is 266 g/mol. The molecule has 1 amide bonds. The Bertz CT molecular complexity index is 373. The van der Waals surface area contributed by atoms with Crippen molar-refractivity contribution in [2.75, 3.05) is 26.3 Å². The van der Waals surface area contributed by atoms with Crippen molar-refractivity contribution >= 4 is 5.91 Å². The molecule has 0 fully saturated rings. The Morgan fingerprint density at radius 2 is 2.00 bits per heavy atom. The lowest BCUT2D eigenvalue weighted by atomic mass is 10.2. The van der Waals surface area contributed by atoms with Crippen LogP contribution in [0.3, 0.4) is 0 Å². The van der Waals surface area contributed by atoms with Crippen LogP contribution in [0.4, 0.5) is 0 Å². The van der Waals surface area contributed by atoms with Gasteiger partial charge in [0.15, 0.2) is 6.61 Å². The molecule has 1 aromatic carbocycles. The number of nitrogens with zero attached hydrogens (tertiary/aromatic N) is 1. The zero-order valence-corrected chi connectivity index (χ0v) is 11.3. The molecule has 0 aliphatic rings. The highest BCUT2D eigenvalue weighted by atomic mass is 16.5. The van der Waals surface area contributed by atoms with E-state index in [1.165, 1.54) is 0 Å². The Balaban J connectivity index is 2.46. The van der Waals surface area contributed by atoms with Crippen LogP contribution in [0.25, 0.3) is 0 Å². The van der Waals surface area contributed by atoms with Crippen LogP contribution in [0.2, 0.25) is 0 Å². The number of carbonyl (C=O) groups is 1. The summed E-state index contributed by atoms with van der Waals surface area (Å²) in [5.74, 6) is 0.532. The zero-order chi connectivity index (χ0) is 14.1. The third kappa shape index (κ3) is 5.28. The van der Waals surface area contributed by atoms with Crippen LogP contribution in [0, 0.1) is 0 Å². The van der Waals surface area contributed by atoms with Crippen LogP contribution in [0.15, 0.2) is 24.3 Å². The van der Waals surface area contributed by atoms with E-state index in [0.29, 0.717) is 25.4 Å². The molecule has 0 aliphatic heterocycles. The van der Waals surface area contributed by atoms with E-state index in [-0.39, 0.29) is 19.1 Å². The van der Waals surface area contributed by atoms with Gasteiger partial charge in [0.05, 0.1) is 6.61 Å². The molecular weight excluding hydrogens is 244 g/mol. The molecule has 1 aromatic rings. The van der Waals surface area contributed by atoms with E-state index in [0.717, 1.165) is 12.0 Å². The lowest BCUT2D eigenvalue weighted by Crippen LogP contribution is -2.37. The van der Waals surface area contributed by atoms with Gasteiger partial charge in [0.25, 0.3) is 5.91 Å². The van der Waals surface area contributed by atoms with Gasteiger partial charge in [0, 0.05) is 19.6 Å². The minimum Gasteiger partial charge on any atom is -0.484 e. The summed E-state index contributed by atoms with van der Waals surface area (Å²) in [5.41, 5.74) is 6.52. The molecule has 0 aromatic heterocycles. The third-order valence-corrected chi connectivity index (χ3v) is 2.74. The number of aliphatic hydroxyl groups is 1. The standard InChI is InChI=1S/C14H22N2O3/c1-2-7-16(8-9-17)14(18)11-19-13-5-3-12(10-15)4-6-13/h3-6,17H,2,7-11,15H2,1H3. The lowest BCUT2D eigenvalue weighted by Gasteiger charge is -2.21. The fourth-order valence-corrected chi connectivity index (χ4v) is 1.71. The molecule has 0 heterocycles. The molecule has 0 saturated heterocycles. The summed E-state index contributed by atoms with van der Waals surface area (Å²) < 4.78 is 5.43. The van der Waals surface area contributed by atoms with E-state index < -0.39 is 0 Å². The maximum absolute atomic E-state index is 11.9. The van der Waals surface area contributed by atoms with Crippen molar-refractivity contribution in [2.45, 2.75) is 19.9 Å². The van der Waals surface area contributed by atoms with E-state index in [1.54, 1.807) is 17.0 Å². The Morgan fingerprint density at radius 1 is 1.32 bits per heavy atom. The van der Waals surface area contributed by atoms with Gasteiger partial charge >= 0.3 is 0 Å². The van der Waals surface area contributed by atoms with Crippen molar-refractivity contribution in [3.63, 3.8) is 0 Å². The van der Waals surface area contributed by atoms with Crippen molar-refractivity contribution in [2.24, 2.45) is 5.73 Å². The molecule has 0 aliphatic carbocycles. The van der Waals surface area contributed by atoms with Gasteiger partial charge in [0.2, 0.25) is 0 Å². The summed E-state index contributed by atoms with van der Waals surface area (Å²) in [5, 5.41) is 8.91. The largest absolute Gasteiger partial charge is 0.484 e. The molecule has 0 unspecified atom stereocenters. The smallest absolute Gasteiger partial charge is 0.260 e. The average Bonchev–Trinajstić information content (AvgIpc) is 2.45. The number of amides is 1. The van der Waals surface area contributed by atoms with Crippen molar-refractivity contribution in [1.29, 1.82) is 0 Å². The number of hydrogen-bond donors (Lipinski definition) is 2. The quantitative estimate of drug-likeness (QED) is 0.728. The molecule has 19 heavy (non-hydrogen) atoms. The lowest BCUT2D eigenvalue weighted by molar-refractivity contribution is -0.133. The van der Waals surface area contributed by atoms with Gasteiger partial charge in [-0.25, -0.2) is 0 Å². The second-order valence-electron chi connectivity index (χ2n) is 4.24.